The van der Waals surface area contributed by atoms with E-state index in [4.69, 9.17) is 4.52 Å². The number of guanidine groups is 1. The molecule has 0 aliphatic rings. The minimum atomic E-state index is -0.204. The molecule has 0 radical (unpaired) electrons. The third-order valence-corrected chi connectivity index (χ3v) is 4.09. The van der Waals surface area contributed by atoms with Crippen molar-refractivity contribution in [1.29, 1.82) is 0 Å². The first-order valence-electron chi connectivity index (χ1n) is 7.87. The molecule has 1 aromatic heterocycles. The van der Waals surface area contributed by atoms with Crippen LogP contribution in [0.3, 0.4) is 0 Å². The van der Waals surface area contributed by atoms with Crippen LogP contribution in [0.25, 0.3) is 0 Å². The van der Waals surface area contributed by atoms with E-state index < -0.39 is 0 Å². The van der Waals surface area contributed by atoms with Crippen LogP contribution in [-0.4, -0.2) is 34.9 Å². The van der Waals surface area contributed by atoms with Crippen LogP contribution in [0.2, 0.25) is 0 Å². The van der Waals surface area contributed by atoms with Crippen molar-refractivity contribution in [2.45, 2.75) is 31.7 Å². The number of nitrogens with one attached hydrogen (secondary N) is 2. The molecule has 138 valence electrons. The second kappa shape index (κ2) is 12.1. The first kappa shape index (κ1) is 21.7. The van der Waals surface area contributed by atoms with Gasteiger partial charge in [-0.25, -0.2) is 9.38 Å². The highest BCUT2D eigenvalue weighted by molar-refractivity contribution is 14.0. The topological polar surface area (TPSA) is 75.3 Å². The van der Waals surface area contributed by atoms with Crippen LogP contribution in [0, 0.1) is 12.7 Å². The summed E-state index contributed by atoms with van der Waals surface area (Å²) in [7, 11) is 0. The van der Waals surface area contributed by atoms with Gasteiger partial charge in [-0.15, -0.1) is 35.7 Å². The third-order valence-electron chi connectivity index (χ3n) is 2.99. The largest absolute Gasteiger partial charge is 0.357 e. The van der Waals surface area contributed by atoms with E-state index in [1.54, 1.807) is 30.8 Å². The zero-order chi connectivity index (χ0) is 17.2. The molecule has 2 aromatic rings. The van der Waals surface area contributed by atoms with Crippen molar-refractivity contribution in [2.24, 2.45) is 4.99 Å². The number of hydrogen-bond donors (Lipinski definition) is 2. The predicted molar refractivity (Wildman–Crippen MR) is 109 cm³/mol. The van der Waals surface area contributed by atoms with Gasteiger partial charge in [0.2, 0.25) is 5.89 Å². The van der Waals surface area contributed by atoms with E-state index in [0.29, 0.717) is 18.3 Å². The number of halogens is 2. The van der Waals surface area contributed by atoms with Crippen molar-refractivity contribution in [3.05, 3.63) is 41.8 Å². The van der Waals surface area contributed by atoms with Gasteiger partial charge in [-0.05, 0) is 43.4 Å². The van der Waals surface area contributed by atoms with Gasteiger partial charge in [-0.3, -0.25) is 0 Å². The number of aromatic nitrogens is 2. The first-order chi connectivity index (χ1) is 11.7. The zero-order valence-electron chi connectivity index (χ0n) is 14.3. The summed E-state index contributed by atoms with van der Waals surface area (Å²) >= 11 is 1.71. The summed E-state index contributed by atoms with van der Waals surface area (Å²) in [4.78, 5) is 9.62. The average Bonchev–Trinajstić information content (AvgIpc) is 2.99. The lowest BCUT2D eigenvalue weighted by Gasteiger charge is -2.10. The molecule has 25 heavy (non-hydrogen) atoms. The molecule has 0 saturated carbocycles. The number of thioether (sulfide) groups is 1. The van der Waals surface area contributed by atoms with Crippen molar-refractivity contribution >= 4 is 41.7 Å². The van der Waals surface area contributed by atoms with Crippen molar-refractivity contribution < 1.29 is 8.91 Å². The molecule has 0 spiro atoms. The van der Waals surface area contributed by atoms with E-state index in [-0.39, 0.29) is 29.8 Å². The average molecular weight is 479 g/mol. The van der Waals surface area contributed by atoms with Gasteiger partial charge in [0.25, 0.3) is 0 Å². The van der Waals surface area contributed by atoms with Gasteiger partial charge >= 0.3 is 0 Å². The SMILES string of the molecule is CCNC(=NCc1noc(C)n1)NCCCSc1ccc(F)cc1.I. The smallest absolute Gasteiger partial charge is 0.223 e. The minimum Gasteiger partial charge on any atom is -0.357 e. The Morgan fingerprint density at radius 3 is 2.68 bits per heavy atom. The third kappa shape index (κ3) is 8.52. The number of rotatable bonds is 8. The molecule has 0 unspecified atom stereocenters. The monoisotopic (exact) mass is 479 g/mol. The van der Waals surface area contributed by atoms with Crippen LogP contribution in [0.1, 0.15) is 25.1 Å². The number of nitrogens with zero attached hydrogens (tertiary/aromatic N) is 3. The number of benzene rings is 1. The molecule has 9 heteroatoms. The Bertz CT molecular complexity index is 650. The van der Waals surface area contributed by atoms with E-state index in [1.165, 1.54) is 12.1 Å². The normalized spacial score (nSPS) is 11.1. The molecule has 0 bridgehead atoms. The fourth-order valence-corrected chi connectivity index (χ4v) is 2.75. The van der Waals surface area contributed by atoms with Crippen LogP contribution in [-0.2, 0) is 6.54 Å². The van der Waals surface area contributed by atoms with E-state index in [1.807, 2.05) is 6.92 Å². The van der Waals surface area contributed by atoms with Gasteiger partial charge in [0.1, 0.15) is 12.4 Å². The van der Waals surface area contributed by atoms with E-state index in [0.717, 1.165) is 36.1 Å². The molecule has 2 N–H and O–H groups in total. The van der Waals surface area contributed by atoms with Gasteiger partial charge in [0, 0.05) is 24.9 Å². The quantitative estimate of drug-likeness (QED) is 0.199. The van der Waals surface area contributed by atoms with Crippen LogP contribution >= 0.6 is 35.7 Å². The highest BCUT2D eigenvalue weighted by Crippen LogP contribution is 2.18. The van der Waals surface area contributed by atoms with E-state index in [9.17, 15) is 4.39 Å². The van der Waals surface area contributed by atoms with Crippen molar-refractivity contribution in [3.63, 3.8) is 0 Å². The highest BCUT2D eigenvalue weighted by Gasteiger charge is 2.02. The Morgan fingerprint density at radius 1 is 1.28 bits per heavy atom. The molecule has 0 atom stereocenters. The van der Waals surface area contributed by atoms with E-state index >= 15 is 0 Å². The molecule has 0 aliphatic heterocycles. The van der Waals surface area contributed by atoms with Crippen molar-refractivity contribution in [3.8, 4) is 0 Å². The number of aliphatic imine (C=N–C) groups is 1. The second-order valence-electron chi connectivity index (χ2n) is 5.01. The molecule has 0 saturated heterocycles. The number of aryl methyl sites for hydroxylation is 1. The van der Waals surface area contributed by atoms with E-state index in [2.05, 4.69) is 25.8 Å². The van der Waals surface area contributed by atoms with Gasteiger partial charge < -0.3 is 15.2 Å². The van der Waals surface area contributed by atoms with Crippen LogP contribution in [0.5, 0.6) is 0 Å². The summed E-state index contributed by atoms with van der Waals surface area (Å²) < 4.78 is 17.8. The fraction of sp³-hybridized carbons (Fsp3) is 0.438. The van der Waals surface area contributed by atoms with Gasteiger partial charge in [-0.2, -0.15) is 4.98 Å². The summed E-state index contributed by atoms with van der Waals surface area (Å²) in [5.41, 5.74) is 0. The van der Waals surface area contributed by atoms with Gasteiger partial charge in [0.05, 0.1) is 0 Å². The molecule has 0 aliphatic carbocycles. The Morgan fingerprint density at radius 2 is 2.04 bits per heavy atom. The molecule has 0 fully saturated rings. The molecule has 0 amide bonds. The minimum absolute atomic E-state index is 0. The molecule has 2 rings (SSSR count). The van der Waals surface area contributed by atoms with Crippen LogP contribution < -0.4 is 10.6 Å². The van der Waals surface area contributed by atoms with Crippen LogP contribution in [0.15, 0.2) is 38.7 Å². The molecular formula is C16H23FIN5OS. The van der Waals surface area contributed by atoms with Gasteiger partial charge in [-0.1, -0.05) is 5.16 Å². The maximum Gasteiger partial charge on any atom is 0.223 e. The van der Waals surface area contributed by atoms with Crippen LogP contribution in [0.4, 0.5) is 4.39 Å². The second-order valence-corrected chi connectivity index (χ2v) is 6.18. The Balaban J connectivity index is 0.00000312. The predicted octanol–water partition coefficient (Wildman–Crippen LogP) is 3.37. The maximum atomic E-state index is 12.8. The van der Waals surface area contributed by atoms with Crippen molar-refractivity contribution in [2.75, 3.05) is 18.8 Å². The van der Waals surface area contributed by atoms with Crippen molar-refractivity contribution in [1.82, 2.24) is 20.8 Å². The summed E-state index contributed by atoms with van der Waals surface area (Å²) in [5.74, 6) is 2.57. The Kier molecular flexibility index (Phi) is 10.5. The summed E-state index contributed by atoms with van der Waals surface area (Å²) in [5, 5.41) is 10.3. The lowest BCUT2D eigenvalue weighted by atomic mass is 10.4. The summed E-state index contributed by atoms with van der Waals surface area (Å²) in [6.07, 6.45) is 0.966. The lowest BCUT2D eigenvalue weighted by Crippen LogP contribution is -2.37. The summed E-state index contributed by atoms with van der Waals surface area (Å²) in [6, 6.07) is 6.56. The summed E-state index contributed by atoms with van der Waals surface area (Å²) in [6.45, 7) is 5.71. The first-order valence-corrected chi connectivity index (χ1v) is 8.85. The molecular weight excluding hydrogens is 456 g/mol. The number of hydrogen-bond acceptors (Lipinski definition) is 5. The molecule has 1 aromatic carbocycles. The lowest BCUT2D eigenvalue weighted by molar-refractivity contribution is 0.387. The Hall–Kier alpha value is -1.36. The highest BCUT2D eigenvalue weighted by atomic mass is 127. The zero-order valence-corrected chi connectivity index (χ0v) is 17.4. The standard InChI is InChI=1S/C16H22FN5OS.HI/c1-3-18-16(20-11-15-21-12(2)23-22-15)19-9-4-10-24-14-7-5-13(17)6-8-14;/h5-8H,3-4,9-11H2,1-2H3,(H2,18,19,20);1H. The fourth-order valence-electron chi connectivity index (χ4n) is 1.90. The van der Waals surface area contributed by atoms with Gasteiger partial charge in [0.15, 0.2) is 11.8 Å². The molecule has 6 nitrogen and oxygen atoms in total. The Labute approximate surface area is 168 Å². The maximum absolute atomic E-state index is 12.8. The molecule has 1 heterocycles.